The molecular weight excluding hydrogens is 277 g/mol. The molecule has 0 bridgehead atoms. The molecule has 2 aromatic carbocycles. The summed E-state index contributed by atoms with van der Waals surface area (Å²) in [6, 6.07) is 12.5. The zero-order chi connectivity index (χ0) is 14.4. The van der Waals surface area contributed by atoms with Crippen LogP contribution in [-0.2, 0) is 13.0 Å². The zero-order valence-corrected chi connectivity index (χ0v) is 12.1. The molecule has 2 rings (SSSR count). The molecule has 0 saturated heterocycles. The molecule has 0 heterocycles. The van der Waals surface area contributed by atoms with Crippen molar-refractivity contribution in [2.75, 3.05) is 13.7 Å². The van der Waals surface area contributed by atoms with Crippen molar-refractivity contribution >= 4 is 11.6 Å². The molecule has 0 aliphatic rings. The lowest BCUT2D eigenvalue weighted by Gasteiger charge is -2.07. The summed E-state index contributed by atoms with van der Waals surface area (Å²) < 4.78 is 18.3. The van der Waals surface area contributed by atoms with Crippen LogP contribution in [-0.4, -0.2) is 13.7 Å². The Bertz CT molecular complexity index is 537. The summed E-state index contributed by atoms with van der Waals surface area (Å²) in [5.41, 5.74) is 2.08. The number of methoxy groups -OCH3 is 1. The van der Waals surface area contributed by atoms with E-state index in [-0.39, 0.29) is 5.82 Å². The highest BCUT2D eigenvalue weighted by molar-refractivity contribution is 6.30. The van der Waals surface area contributed by atoms with Crippen LogP contribution in [0.15, 0.2) is 42.5 Å². The molecular formula is C16H17ClFNO. The lowest BCUT2D eigenvalue weighted by Crippen LogP contribution is -2.16. The molecule has 0 aliphatic heterocycles. The van der Waals surface area contributed by atoms with Crippen molar-refractivity contribution in [3.8, 4) is 5.75 Å². The van der Waals surface area contributed by atoms with Crippen LogP contribution in [0.2, 0.25) is 5.02 Å². The Hall–Kier alpha value is -1.58. The number of rotatable bonds is 6. The molecule has 0 atom stereocenters. The highest BCUT2D eigenvalue weighted by Gasteiger charge is 1.99. The van der Waals surface area contributed by atoms with E-state index < -0.39 is 0 Å². The summed E-state index contributed by atoms with van der Waals surface area (Å²) in [5, 5.41) is 3.70. The van der Waals surface area contributed by atoms with E-state index in [0.717, 1.165) is 24.3 Å². The third-order valence-electron chi connectivity index (χ3n) is 3.00. The second-order valence-electron chi connectivity index (χ2n) is 4.55. The van der Waals surface area contributed by atoms with Crippen molar-refractivity contribution in [2.24, 2.45) is 0 Å². The van der Waals surface area contributed by atoms with E-state index in [1.807, 2.05) is 24.3 Å². The fraction of sp³-hybridized carbons (Fsp3) is 0.250. The third-order valence-corrected chi connectivity index (χ3v) is 3.22. The van der Waals surface area contributed by atoms with Crippen LogP contribution in [0.1, 0.15) is 11.1 Å². The van der Waals surface area contributed by atoms with E-state index in [9.17, 15) is 4.39 Å². The first kappa shape index (κ1) is 14.8. The average molecular weight is 294 g/mol. The van der Waals surface area contributed by atoms with Crippen molar-refractivity contribution < 1.29 is 9.13 Å². The first-order valence-electron chi connectivity index (χ1n) is 6.46. The zero-order valence-electron chi connectivity index (χ0n) is 11.3. The summed E-state index contributed by atoms with van der Waals surface area (Å²) in [7, 11) is 1.65. The molecule has 20 heavy (non-hydrogen) atoms. The minimum absolute atomic E-state index is 0.301. The topological polar surface area (TPSA) is 21.3 Å². The quantitative estimate of drug-likeness (QED) is 0.818. The second kappa shape index (κ2) is 7.27. The summed E-state index contributed by atoms with van der Waals surface area (Å²) in [6.45, 7) is 1.42. The van der Waals surface area contributed by atoms with E-state index in [2.05, 4.69) is 5.32 Å². The largest absolute Gasteiger partial charge is 0.497 e. The van der Waals surface area contributed by atoms with Crippen LogP contribution >= 0.6 is 11.6 Å². The van der Waals surface area contributed by atoms with Crippen LogP contribution in [0, 0.1) is 5.82 Å². The van der Waals surface area contributed by atoms with Crippen LogP contribution < -0.4 is 10.1 Å². The van der Waals surface area contributed by atoms with E-state index in [4.69, 9.17) is 16.3 Å². The van der Waals surface area contributed by atoms with Crippen LogP contribution in [0.25, 0.3) is 0 Å². The molecule has 1 N–H and O–H groups in total. The van der Waals surface area contributed by atoms with Crippen molar-refractivity contribution in [2.45, 2.75) is 13.0 Å². The number of hydrogen-bond acceptors (Lipinski definition) is 2. The van der Waals surface area contributed by atoms with Gasteiger partial charge in [0.25, 0.3) is 0 Å². The number of halogens is 2. The van der Waals surface area contributed by atoms with Gasteiger partial charge in [-0.2, -0.15) is 0 Å². The SMILES string of the molecule is COc1ccc(CCNCc2cc(F)cc(Cl)c2)cc1. The normalized spacial score (nSPS) is 10.6. The van der Waals surface area contributed by atoms with Crippen molar-refractivity contribution in [1.29, 1.82) is 0 Å². The summed E-state index contributed by atoms with van der Waals surface area (Å²) in [6.07, 6.45) is 0.910. The molecule has 0 radical (unpaired) electrons. The predicted molar refractivity (Wildman–Crippen MR) is 79.8 cm³/mol. The Morgan fingerprint density at radius 2 is 1.85 bits per heavy atom. The number of benzene rings is 2. The van der Waals surface area contributed by atoms with Gasteiger partial charge in [-0.05, 0) is 54.4 Å². The monoisotopic (exact) mass is 293 g/mol. The summed E-state index contributed by atoms with van der Waals surface area (Å²) >= 11 is 5.81. The van der Waals surface area contributed by atoms with Gasteiger partial charge in [0.05, 0.1) is 7.11 Å². The van der Waals surface area contributed by atoms with Crippen molar-refractivity contribution in [1.82, 2.24) is 5.32 Å². The Labute approximate surface area is 123 Å². The lowest BCUT2D eigenvalue weighted by molar-refractivity contribution is 0.414. The molecule has 4 heteroatoms. The van der Waals surface area contributed by atoms with Gasteiger partial charge < -0.3 is 10.1 Å². The first-order chi connectivity index (χ1) is 9.67. The Kier molecular flexibility index (Phi) is 5.39. The third kappa shape index (κ3) is 4.51. The molecule has 0 spiro atoms. The molecule has 0 unspecified atom stereocenters. The van der Waals surface area contributed by atoms with Gasteiger partial charge in [0.2, 0.25) is 0 Å². The van der Waals surface area contributed by atoms with Gasteiger partial charge in [-0.25, -0.2) is 4.39 Å². The van der Waals surface area contributed by atoms with Crippen LogP contribution in [0.5, 0.6) is 5.75 Å². The minimum Gasteiger partial charge on any atom is -0.497 e. The van der Waals surface area contributed by atoms with E-state index in [1.165, 1.54) is 17.7 Å². The lowest BCUT2D eigenvalue weighted by atomic mass is 10.1. The molecule has 0 aliphatic carbocycles. The summed E-state index contributed by atoms with van der Waals surface area (Å²) in [5.74, 6) is 0.556. The van der Waals surface area contributed by atoms with Gasteiger partial charge in [0.15, 0.2) is 0 Å². The molecule has 0 fully saturated rings. The van der Waals surface area contributed by atoms with Crippen molar-refractivity contribution in [3.63, 3.8) is 0 Å². The number of nitrogens with one attached hydrogen (secondary N) is 1. The van der Waals surface area contributed by atoms with Gasteiger partial charge in [-0.15, -0.1) is 0 Å². The number of ether oxygens (including phenoxy) is 1. The van der Waals surface area contributed by atoms with Crippen LogP contribution in [0.3, 0.4) is 0 Å². The molecule has 0 saturated carbocycles. The minimum atomic E-state index is -0.301. The predicted octanol–water partition coefficient (Wildman–Crippen LogP) is 3.82. The summed E-state index contributed by atoms with van der Waals surface area (Å²) in [4.78, 5) is 0. The Morgan fingerprint density at radius 3 is 2.50 bits per heavy atom. The van der Waals surface area contributed by atoms with Crippen molar-refractivity contribution in [3.05, 3.63) is 64.4 Å². The van der Waals surface area contributed by atoms with E-state index in [1.54, 1.807) is 13.2 Å². The molecule has 2 aromatic rings. The smallest absolute Gasteiger partial charge is 0.125 e. The maximum atomic E-state index is 13.1. The van der Waals surface area contributed by atoms with Gasteiger partial charge in [0.1, 0.15) is 11.6 Å². The maximum absolute atomic E-state index is 13.1. The standard InChI is InChI=1S/C16H17ClFNO/c1-20-16-4-2-12(3-5-16)6-7-19-11-13-8-14(17)10-15(18)9-13/h2-5,8-10,19H,6-7,11H2,1H3. The number of hydrogen-bond donors (Lipinski definition) is 1. The molecule has 106 valence electrons. The Balaban J connectivity index is 1.78. The van der Waals surface area contributed by atoms with E-state index in [0.29, 0.717) is 11.6 Å². The molecule has 0 aromatic heterocycles. The second-order valence-corrected chi connectivity index (χ2v) is 4.99. The molecule has 2 nitrogen and oxygen atoms in total. The highest BCUT2D eigenvalue weighted by Crippen LogP contribution is 2.14. The van der Waals surface area contributed by atoms with E-state index >= 15 is 0 Å². The van der Waals surface area contributed by atoms with Gasteiger partial charge >= 0.3 is 0 Å². The highest BCUT2D eigenvalue weighted by atomic mass is 35.5. The fourth-order valence-electron chi connectivity index (χ4n) is 1.97. The Morgan fingerprint density at radius 1 is 1.10 bits per heavy atom. The fourth-order valence-corrected chi connectivity index (χ4v) is 2.22. The maximum Gasteiger partial charge on any atom is 0.125 e. The first-order valence-corrected chi connectivity index (χ1v) is 6.84. The molecule has 0 amide bonds. The van der Waals surface area contributed by atoms with Gasteiger partial charge in [-0.1, -0.05) is 23.7 Å². The van der Waals surface area contributed by atoms with Gasteiger partial charge in [-0.3, -0.25) is 0 Å². The average Bonchev–Trinajstić information content (AvgIpc) is 2.43. The van der Waals surface area contributed by atoms with Gasteiger partial charge in [0, 0.05) is 11.6 Å². The van der Waals surface area contributed by atoms with Crippen LogP contribution in [0.4, 0.5) is 4.39 Å².